The number of hydrogen-bond donors (Lipinski definition) is 3. The molecule has 0 unspecified atom stereocenters. The summed E-state index contributed by atoms with van der Waals surface area (Å²) in [4.78, 5) is 2.41. The van der Waals surface area contributed by atoms with Crippen LogP contribution in [0.3, 0.4) is 0 Å². The van der Waals surface area contributed by atoms with Crippen molar-refractivity contribution in [1.29, 1.82) is 0 Å². The van der Waals surface area contributed by atoms with E-state index in [1.807, 2.05) is 0 Å². The predicted molar refractivity (Wildman–Crippen MR) is 79.0 cm³/mol. The molecule has 0 aliphatic carbocycles. The summed E-state index contributed by atoms with van der Waals surface area (Å²) >= 11 is 5.77. The number of anilines is 3. The van der Waals surface area contributed by atoms with Crippen LogP contribution in [-0.2, 0) is 0 Å². The molecular formula is C13H20ClFN4. The van der Waals surface area contributed by atoms with Crippen molar-refractivity contribution in [2.45, 2.75) is 19.3 Å². The van der Waals surface area contributed by atoms with Crippen LogP contribution in [0.25, 0.3) is 0 Å². The van der Waals surface area contributed by atoms with Crippen LogP contribution in [0.4, 0.5) is 21.5 Å². The first-order valence-electron chi connectivity index (χ1n) is 6.58. The van der Waals surface area contributed by atoms with Gasteiger partial charge in [-0.15, -0.1) is 0 Å². The number of nitrogen functional groups attached to an aromatic ring is 2. The summed E-state index contributed by atoms with van der Waals surface area (Å²) < 4.78 is 13.9. The van der Waals surface area contributed by atoms with Gasteiger partial charge in [-0.1, -0.05) is 11.6 Å². The maximum absolute atomic E-state index is 13.9. The molecule has 0 saturated carbocycles. The van der Waals surface area contributed by atoms with Crippen molar-refractivity contribution in [1.82, 2.24) is 4.90 Å². The van der Waals surface area contributed by atoms with Gasteiger partial charge in [0, 0.05) is 6.54 Å². The van der Waals surface area contributed by atoms with Crippen molar-refractivity contribution in [2.75, 3.05) is 43.0 Å². The van der Waals surface area contributed by atoms with Crippen molar-refractivity contribution < 1.29 is 4.39 Å². The Bertz CT molecular complexity index is 447. The minimum atomic E-state index is -0.569. The van der Waals surface area contributed by atoms with Gasteiger partial charge in [0.05, 0.1) is 17.1 Å². The minimum absolute atomic E-state index is 0.0729. The van der Waals surface area contributed by atoms with Gasteiger partial charge < -0.3 is 21.7 Å². The van der Waals surface area contributed by atoms with Crippen LogP contribution in [0.2, 0.25) is 5.02 Å². The second-order valence-corrected chi connectivity index (χ2v) is 5.27. The average Bonchev–Trinajstić information content (AvgIpc) is 2.88. The second kappa shape index (κ2) is 6.30. The van der Waals surface area contributed by atoms with Crippen LogP contribution >= 0.6 is 11.6 Å². The van der Waals surface area contributed by atoms with E-state index in [4.69, 9.17) is 23.1 Å². The van der Waals surface area contributed by atoms with Gasteiger partial charge in [-0.3, -0.25) is 0 Å². The summed E-state index contributed by atoms with van der Waals surface area (Å²) in [6.45, 7) is 4.03. The standard InChI is InChI=1S/C13H20ClFN4/c14-11-9(16)8-10(17)13(12(11)15)18-4-3-7-19-5-1-2-6-19/h8,18H,1-7,16-17H2. The highest BCUT2D eigenvalue weighted by atomic mass is 35.5. The lowest BCUT2D eigenvalue weighted by Gasteiger charge is -2.16. The summed E-state index contributed by atoms with van der Waals surface area (Å²) in [5.74, 6) is -0.569. The number of hydrogen-bond acceptors (Lipinski definition) is 4. The van der Waals surface area contributed by atoms with E-state index in [0.29, 0.717) is 12.2 Å². The van der Waals surface area contributed by atoms with Gasteiger partial charge in [-0.25, -0.2) is 4.39 Å². The molecule has 1 heterocycles. The lowest BCUT2D eigenvalue weighted by Crippen LogP contribution is -2.22. The van der Waals surface area contributed by atoms with Gasteiger partial charge in [0.2, 0.25) is 0 Å². The number of nitrogens with zero attached hydrogens (tertiary/aromatic N) is 1. The van der Waals surface area contributed by atoms with E-state index < -0.39 is 5.82 Å². The average molecular weight is 287 g/mol. The molecule has 4 nitrogen and oxygen atoms in total. The van der Waals surface area contributed by atoms with E-state index in [-0.39, 0.29) is 16.4 Å². The van der Waals surface area contributed by atoms with Crippen LogP contribution < -0.4 is 16.8 Å². The highest BCUT2D eigenvalue weighted by Gasteiger charge is 2.14. The van der Waals surface area contributed by atoms with Crippen LogP contribution in [-0.4, -0.2) is 31.1 Å². The molecule has 1 aromatic carbocycles. The SMILES string of the molecule is Nc1cc(N)c(NCCCN2CCCC2)c(F)c1Cl. The van der Waals surface area contributed by atoms with E-state index >= 15 is 0 Å². The molecule has 0 spiro atoms. The first-order chi connectivity index (χ1) is 9.09. The zero-order valence-corrected chi connectivity index (χ0v) is 11.6. The summed E-state index contributed by atoms with van der Waals surface area (Å²) in [7, 11) is 0. The third-order valence-electron chi connectivity index (χ3n) is 3.42. The summed E-state index contributed by atoms with van der Waals surface area (Å²) in [6.07, 6.45) is 3.51. The fraction of sp³-hybridized carbons (Fsp3) is 0.538. The van der Waals surface area contributed by atoms with Crippen molar-refractivity contribution >= 4 is 28.7 Å². The summed E-state index contributed by atoms with van der Waals surface area (Å²) in [5.41, 5.74) is 12.0. The fourth-order valence-corrected chi connectivity index (χ4v) is 2.52. The molecule has 1 aliphatic rings. The zero-order valence-electron chi connectivity index (χ0n) is 10.9. The van der Waals surface area contributed by atoms with Gasteiger partial charge >= 0.3 is 0 Å². The smallest absolute Gasteiger partial charge is 0.169 e. The zero-order chi connectivity index (χ0) is 13.8. The van der Waals surface area contributed by atoms with Gasteiger partial charge in [0.25, 0.3) is 0 Å². The van der Waals surface area contributed by atoms with Gasteiger partial charge in [-0.05, 0) is 45.0 Å². The predicted octanol–water partition coefficient (Wildman–Crippen LogP) is 2.54. The Morgan fingerprint density at radius 1 is 1.26 bits per heavy atom. The van der Waals surface area contributed by atoms with Crippen molar-refractivity contribution in [3.63, 3.8) is 0 Å². The van der Waals surface area contributed by atoms with Crippen molar-refractivity contribution in [3.8, 4) is 0 Å². The normalized spacial score (nSPS) is 15.9. The highest BCUT2D eigenvalue weighted by Crippen LogP contribution is 2.33. The Balaban J connectivity index is 1.87. The number of nitrogens with one attached hydrogen (secondary N) is 1. The molecule has 1 fully saturated rings. The van der Waals surface area contributed by atoms with Crippen LogP contribution in [0.1, 0.15) is 19.3 Å². The molecule has 1 aliphatic heterocycles. The molecule has 0 bridgehead atoms. The van der Waals surface area contributed by atoms with E-state index in [0.717, 1.165) is 13.0 Å². The fourth-order valence-electron chi connectivity index (χ4n) is 2.37. The molecule has 0 aromatic heterocycles. The molecule has 2 rings (SSSR count). The molecular weight excluding hydrogens is 267 g/mol. The molecule has 0 atom stereocenters. The van der Waals surface area contributed by atoms with Gasteiger partial charge in [-0.2, -0.15) is 0 Å². The third-order valence-corrected chi connectivity index (χ3v) is 3.80. The highest BCUT2D eigenvalue weighted by molar-refractivity contribution is 6.33. The molecule has 1 saturated heterocycles. The Morgan fingerprint density at radius 2 is 1.95 bits per heavy atom. The van der Waals surface area contributed by atoms with Crippen molar-refractivity contribution in [2.24, 2.45) is 0 Å². The third kappa shape index (κ3) is 3.42. The lowest BCUT2D eigenvalue weighted by molar-refractivity contribution is 0.337. The molecule has 19 heavy (non-hydrogen) atoms. The Morgan fingerprint density at radius 3 is 2.63 bits per heavy atom. The number of halogens is 2. The number of nitrogens with two attached hydrogens (primary N) is 2. The second-order valence-electron chi connectivity index (χ2n) is 4.89. The molecule has 5 N–H and O–H groups in total. The van der Waals surface area contributed by atoms with E-state index in [2.05, 4.69) is 10.2 Å². The summed E-state index contributed by atoms with van der Waals surface area (Å²) in [5, 5.41) is 2.93. The monoisotopic (exact) mass is 286 g/mol. The van der Waals surface area contributed by atoms with Gasteiger partial charge in [0.1, 0.15) is 5.02 Å². The minimum Gasteiger partial charge on any atom is -0.397 e. The molecule has 0 radical (unpaired) electrons. The Kier molecular flexibility index (Phi) is 4.71. The Hall–Kier alpha value is -1.20. The number of rotatable bonds is 5. The van der Waals surface area contributed by atoms with Crippen LogP contribution in [0.15, 0.2) is 6.07 Å². The maximum atomic E-state index is 13.9. The Labute approximate surface area is 117 Å². The van der Waals surface area contributed by atoms with Crippen LogP contribution in [0, 0.1) is 5.82 Å². The van der Waals surface area contributed by atoms with E-state index in [1.54, 1.807) is 0 Å². The van der Waals surface area contributed by atoms with E-state index in [1.165, 1.54) is 32.0 Å². The topological polar surface area (TPSA) is 67.3 Å². The first-order valence-corrected chi connectivity index (χ1v) is 6.96. The molecule has 6 heteroatoms. The lowest BCUT2D eigenvalue weighted by atomic mass is 10.2. The van der Waals surface area contributed by atoms with Gasteiger partial charge in [0.15, 0.2) is 5.82 Å². The summed E-state index contributed by atoms with van der Waals surface area (Å²) in [6, 6.07) is 1.48. The first kappa shape index (κ1) is 14.2. The quantitative estimate of drug-likeness (QED) is 0.575. The molecule has 106 valence electrons. The maximum Gasteiger partial charge on any atom is 0.169 e. The van der Waals surface area contributed by atoms with Crippen LogP contribution in [0.5, 0.6) is 0 Å². The molecule has 1 aromatic rings. The largest absolute Gasteiger partial charge is 0.397 e. The number of likely N-dealkylation sites (tertiary alicyclic amines) is 1. The van der Waals surface area contributed by atoms with E-state index in [9.17, 15) is 4.39 Å². The van der Waals surface area contributed by atoms with Crippen molar-refractivity contribution in [3.05, 3.63) is 16.9 Å². The number of benzene rings is 1. The molecule has 0 amide bonds.